The van der Waals surface area contributed by atoms with E-state index in [1.54, 1.807) is 12.1 Å². The molecule has 0 aliphatic carbocycles. The summed E-state index contributed by atoms with van der Waals surface area (Å²) in [4.78, 5) is 21.0. The van der Waals surface area contributed by atoms with Gasteiger partial charge in [-0.05, 0) is 33.3 Å². The first-order chi connectivity index (χ1) is 10.2. The van der Waals surface area contributed by atoms with E-state index < -0.39 is 23.2 Å². The van der Waals surface area contributed by atoms with Crippen LogP contribution >= 0.6 is 0 Å². The van der Waals surface area contributed by atoms with E-state index in [4.69, 9.17) is 9.31 Å². The van der Waals surface area contributed by atoms with Crippen LogP contribution in [0.5, 0.6) is 0 Å². The van der Waals surface area contributed by atoms with Crippen LogP contribution in [-0.4, -0.2) is 29.7 Å². The third kappa shape index (κ3) is 2.98. The van der Waals surface area contributed by atoms with Crippen LogP contribution < -0.4 is 5.46 Å². The summed E-state index contributed by atoms with van der Waals surface area (Å²) in [7, 11) is -0.813. The largest absolute Gasteiger partial charge is 0.501 e. The lowest BCUT2D eigenvalue weighted by Crippen LogP contribution is -2.41. The second kappa shape index (κ2) is 5.70. The molecule has 1 aliphatic rings. The first kappa shape index (κ1) is 16.4. The standard InChI is InChI=1S/C14H18BNO6/c1-13(2)14(3,4)22-15(21-13)11-6-5-10(8-20-9-17)7-12(11)16(18)19/h5-7,9H,8H2,1-4H3. The number of benzene rings is 1. The molecule has 0 saturated carbocycles. The second-order valence-corrected chi connectivity index (χ2v) is 6.15. The Morgan fingerprint density at radius 2 is 1.86 bits per heavy atom. The molecule has 0 spiro atoms. The van der Waals surface area contributed by atoms with Gasteiger partial charge in [-0.2, -0.15) is 0 Å². The van der Waals surface area contributed by atoms with Gasteiger partial charge in [0, 0.05) is 6.07 Å². The first-order valence-corrected chi connectivity index (χ1v) is 6.86. The van der Waals surface area contributed by atoms with Gasteiger partial charge in [0.25, 0.3) is 12.2 Å². The molecule has 1 aliphatic heterocycles. The van der Waals surface area contributed by atoms with Crippen molar-refractivity contribution in [2.24, 2.45) is 0 Å². The summed E-state index contributed by atoms with van der Waals surface area (Å²) in [5.74, 6) is 0. The molecule has 1 aromatic rings. The maximum absolute atomic E-state index is 11.3. The SMILES string of the molecule is CC1(C)OB(c2ccc(COC=O)cc2[N+](=O)[O-])OC1(C)C. The molecular formula is C14H18BNO6. The number of nitrogens with zero attached hydrogens (tertiary/aromatic N) is 1. The third-order valence-corrected chi connectivity index (χ3v) is 4.12. The normalized spacial score (nSPS) is 19.0. The van der Waals surface area contributed by atoms with E-state index in [1.165, 1.54) is 6.07 Å². The molecular weight excluding hydrogens is 289 g/mol. The molecule has 1 heterocycles. The van der Waals surface area contributed by atoms with Crippen LogP contribution in [0.3, 0.4) is 0 Å². The molecule has 1 fully saturated rings. The van der Waals surface area contributed by atoms with E-state index in [1.807, 2.05) is 27.7 Å². The highest BCUT2D eigenvalue weighted by Gasteiger charge is 2.53. The van der Waals surface area contributed by atoms with Crippen molar-refractivity contribution < 1.29 is 23.8 Å². The minimum Gasteiger partial charge on any atom is -0.463 e. The Kier molecular flexibility index (Phi) is 4.26. The number of carbonyl (C=O) groups excluding carboxylic acids is 1. The van der Waals surface area contributed by atoms with Gasteiger partial charge in [-0.25, -0.2) is 0 Å². The smallest absolute Gasteiger partial charge is 0.463 e. The molecule has 0 N–H and O–H groups in total. The Balaban J connectivity index is 2.35. The van der Waals surface area contributed by atoms with Gasteiger partial charge in [-0.15, -0.1) is 0 Å². The van der Waals surface area contributed by atoms with Crippen molar-refractivity contribution in [3.63, 3.8) is 0 Å². The van der Waals surface area contributed by atoms with E-state index in [0.29, 0.717) is 17.5 Å². The zero-order valence-electron chi connectivity index (χ0n) is 13.0. The first-order valence-electron chi connectivity index (χ1n) is 6.86. The van der Waals surface area contributed by atoms with Crippen molar-refractivity contribution in [2.75, 3.05) is 0 Å². The van der Waals surface area contributed by atoms with Crippen LogP contribution in [0.4, 0.5) is 5.69 Å². The average Bonchev–Trinajstić information content (AvgIpc) is 2.64. The maximum Gasteiger partial charge on any atom is 0.501 e. The van der Waals surface area contributed by atoms with Crippen molar-refractivity contribution in [3.05, 3.63) is 33.9 Å². The lowest BCUT2D eigenvalue weighted by Gasteiger charge is -2.32. The fraction of sp³-hybridized carbons (Fsp3) is 0.500. The number of ether oxygens (including phenoxy) is 1. The Morgan fingerprint density at radius 1 is 1.27 bits per heavy atom. The maximum atomic E-state index is 11.3. The molecule has 8 heteroatoms. The molecule has 0 bridgehead atoms. The number of rotatable bonds is 5. The highest BCUT2D eigenvalue weighted by molar-refractivity contribution is 6.63. The van der Waals surface area contributed by atoms with Crippen molar-refractivity contribution in [1.29, 1.82) is 0 Å². The second-order valence-electron chi connectivity index (χ2n) is 6.15. The molecule has 1 aromatic carbocycles. The summed E-state index contributed by atoms with van der Waals surface area (Å²) in [5, 5.41) is 11.3. The quantitative estimate of drug-likeness (QED) is 0.355. The fourth-order valence-electron chi connectivity index (χ4n) is 2.14. The van der Waals surface area contributed by atoms with Crippen LogP contribution in [0, 0.1) is 10.1 Å². The fourth-order valence-corrected chi connectivity index (χ4v) is 2.14. The Hall–Kier alpha value is -1.93. The van der Waals surface area contributed by atoms with Gasteiger partial charge < -0.3 is 14.0 Å². The molecule has 1 saturated heterocycles. The van der Waals surface area contributed by atoms with Gasteiger partial charge in [0.2, 0.25) is 0 Å². The number of hydrogen-bond acceptors (Lipinski definition) is 6. The molecule has 0 aromatic heterocycles. The van der Waals surface area contributed by atoms with Gasteiger partial charge in [0.1, 0.15) is 6.61 Å². The van der Waals surface area contributed by atoms with Crippen molar-refractivity contribution in [3.8, 4) is 0 Å². The minimum absolute atomic E-state index is 0.0199. The predicted octanol–water partition coefficient (Wildman–Crippen LogP) is 1.57. The monoisotopic (exact) mass is 307 g/mol. The van der Waals surface area contributed by atoms with Crippen LogP contribution in [-0.2, 0) is 25.4 Å². The molecule has 0 unspecified atom stereocenters. The highest BCUT2D eigenvalue weighted by atomic mass is 16.7. The van der Waals surface area contributed by atoms with E-state index in [0.717, 1.165) is 0 Å². The summed E-state index contributed by atoms with van der Waals surface area (Å²) in [6, 6.07) is 4.59. The van der Waals surface area contributed by atoms with E-state index in [2.05, 4.69) is 4.74 Å². The number of hydrogen-bond donors (Lipinski definition) is 0. The van der Waals surface area contributed by atoms with Gasteiger partial charge >= 0.3 is 7.12 Å². The van der Waals surface area contributed by atoms with Crippen molar-refractivity contribution >= 4 is 24.7 Å². The van der Waals surface area contributed by atoms with Gasteiger partial charge in [-0.3, -0.25) is 14.9 Å². The molecule has 22 heavy (non-hydrogen) atoms. The van der Waals surface area contributed by atoms with Gasteiger partial charge in [0.05, 0.1) is 21.6 Å². The van der Waals surface area contributed by atoms with Crippen molar-refractivity contribution in [1.82, 2.24) is 0 Å². The molecule has 0 atom stereocenters. The average molecular weight is 307 g/mol. The van der Waals surface area contributed by atoms with Crippen LogP contribution in [0.1, 0.15) is 33.3 Å². The third-order valence-electron chi connectivity index (χ3n) is 4.12. The summed E-state index contributed by atoms with van der Waals surface area (Å²) in [6.07, 6.45) is 0. The number of carbonyl (C=O) groups is 1. The molecule has 0 radical (unpaired) electrons. The Labute approximate surface area is 128 Å². The van der Waals surface area contributed by atoms with Crippen LogP contribution in [0.15, 0.2) is 18.2 Å². The Bertz CT molecular complexity index is 585. The van der Waals surface area contributed by atoms with E-state index in [9.17, 15) is 14.9 Å². The zero-order chi connectivity index (χ0) is 16.5. The van der Waals surface area contributed by atoms with Gasteiger partial charge in [-0.1, -0.05) is 12.1 Å². The lowest BCUT2D eigenvalue weighted by atomic mass is 9.77. The van der Waals surface area contributed by atoms with Gasteiger partial charge in [0.15, 0.2) is 0 Å². The zero-order valence-corrected chi connectivity index (χ0v) is 13.0. The molecule has 7 nitrogen and oxygen atoms in total. The minimum atomic E-state index is -0.813. The topological polar surface area (TPSA) is 87.9 Å². The Morgan fingerprint density at radius 3 is 2.36 bits per heavy atom. The number of nitro groups is 1. The number of nitro benzene ring substituents is 1. The molecule has 118 valence electrons. The van der Waals surface area contributed by atoms with E-state index in [-0.39, 0.29) is 12.3 Å². The summed E-state index contributed by atoms with van der Waals surface area (Å²) in [5.41, 5.74) is -0.404. The van der Waals surface area contributed by atoms with Crippen LogP contribution in [0.2, 0.25) is 0 Å². The molecule has 2 rings (SSSR count). The highest BCUT2D eigenvalue weighted by Crippen LogP contribution is 2.37. The van der Waals surface area contributed by atoms with E-state index >= 15 is 0 Å². The lowest BCUT2D eigenvalue weighted by molar-refractivity contribution is -0.383. The van der Waals surface area contributed by atoms with Crippen LogP contribution in [0.25, 0.3) is 0 Å². The molecule has 0 amide bonds. The van der Waals surface area contributed by atoms with Crippen molar-refractivity contribution in [2.45, 2.75) is 45.5 Å². The summed E-state index contributed by atoms with van der Waals surface area (Å²) < 4.78 is 16.3. The predicted molar refractivity (Wildman–Crippen MR) is 79.7 cm³/mol. The summed E-state index contributed by atoms with van der Waals surface area (Å²) in [6.45, 7) is 7.80. The summed E-state index contributed by atoms with van der Waals surface area (Å²) >= 11 is 0.